The number of alkyl halides is 5. The van der Waals surface area contributed by atoms with Gasteiger partial charge in [0.1, 0.15) is 36.9 Å². The number of amides is 2. The van der Waals surface area contributed by atoms with Gasteiger partial charge in [-0.2, -0.15) is 13.5 Å². The van der Waals surface area contributed by atoms with Crippen LogP contribution in [0.25, 0.3) is 5.69 Å². The van der Waals surface area contributed by atoms with Crippen molar-refractivity contribution in [3.8, 4) is 5.69 Å². The van der Waals surface area contributed by atoms with Crippen LogP contribution in [0.5, 0.6) is 0 Å². The Morgan fingerprint density at radius 2 is 1.71 bits per heavy atom. The Labute approximate surface area is 451 Å². The van der Waals surface area contributed by atoms with Gasteiger partial charge in [0.2, 0.25) is 15.9 Å². The van der Waals surface area contributed by atoms with E-state index in [2.05, 4.69) is 41.6 Å². The van der Waals surface area contributed by atoms with Gasteiger partial charge in [0.05, 0.1) is 90.4 Å². The first kappa shape index (κ1) is 67.5. The van der Waals surface area contributed by atoms with Crippen LogP contribution < -0.4 is 25.5 Å². The second-order valence-corrected chi connectivity index (χ2v) is 24.3. The maximum Gasteiger partial charge on any atom is 0.355 e. The number of ether oxygens (including phenoxy) is 2. The van der Waals surface area contributed by atoms with Gasteiger partial charge in [-0.25, -0.2) is 17.8 Å². The predicted molar refractivity (Wildman–Crippen MR) is 282 cm³/mol. The second kappa shape index (κ2) is 30.9. The Hall–Kier alpha value is -3.49. The van der Waals surface area contributed by atoms with Crippen LogP contribution in [0.4, 0.5) is 20.2 Å². The molecule has 1 aliphatic heterocycles. The van der Waals surface area contributed by atoms with Gasteiger partial charge < -0.3 is 43.1 Å². The second-order valence-electron chi connectivity index (χ2n) is 16.3. The van der Waals surface area contributed by atoms with E-state index in [1.807, 2.05) is 37.4 Å². The Morgan fingerprint density at radius 3 is 2.16 bits per heavy atom. The minimum atomic E-state index is -4.35. The highest BCUT2D eigenvalue weighted by molar-refractivity contribution is 7.94. The maximum absolute atomic E-state index is 12.8. The Morgan fingerprint density at radius 1 is 1.11 bits per heavy atom. The zero-order chi connectivity index (χ0) is 56.3. The highest BCUT2D eigenvalue weighted by atomic mass is 35.5. The summed E-state index contributed by atoms with van der Waals surface area (Å²) in [6, 6.07) is 11.9. The van der Waals surface area contributed by atoms with Gasteiger partial charge in [0, 0.05) is 7.11 Å². The molecule has 412 valence electrons. The van der Waals surface area contributed by atoms with Crippen molar-refractivity contribution in [1.29, 1.82) is 0 Å². The number of methoxy groups -OCH3 is 1. The molecule has 0 radical (unpaired) electrons. The molecule has 2 amide bonds. The minimum Gasteiger partial charge on any atom is -0.778 e. The molecule has 1 saturated heterocycles. The molecule has 20 nitrogen and oxygen atoms in total. The molecule has 4 N–H and O–H groups in total. The first-order valence-electron chi connectivity index (χ1n) is 21.3. The number of para-hydroxylation sites is 1. The number of benzene rings is 2. The molecule has 4 aromatic rings. The lowest BCUT2D eigenvalue weighted by atomic mass is 10.0. The van der Waals surface area contributed by atoms with E-state index in [0.29, 0.717) is 34.5 Å². The molecule has 2 aromatic heterocycles. The highest BCUT2D eigenvalue weighted by Crippen LogP contribution is 2.37. The Kier molecular flexibility index (Phi) is 28.6. The third kappa shape index (κ3) is 22.7. The van der Waals surface area contributed by atoms with Crippen LogP contribution >= 0.6 is 65.6 Å². The van der Waals surface area contributed by atoms with E-state index in [1.165, 1.54) is 17.9 Å². The van der Waals surface area contributed by atoms with Gasteiger partial charge in [-0.3, -0.25) is 24.4 Å². The average Bonchev–Trinajstić information content (AvgIpc) is 3.98. The van der Waals surface area contributed by atoms with Crippen molar-refractivity contribution in [2.24, 2.45) is 0 Å². The molecule has 3 atom stereocenters. The number of carboxylic acids is 1. The minimum absolute atomic E-state index is 0.0223. The number of carbonyl (C=O) groups excluding carboxylic acids is 2. The molecule has 30 heteroatoms. The number of halogens is 7. The fraction of sp³-hybridized carbons (Fsp3) is 0.512. The zero-order valence-electron chi connectivity index (χ0n) is 41.7. The maximum atomic E-state index is 12.8. The summed E-state index contributed by atoms with van der Waals surface area (Å²) in [5, 5.41) is 13.6. The summed E-state index contributed by atoms with van der Waals surface area (Å²) in [5.41, 5.74) is 1.20. The monoisotopic (exact) mass is 1190 g/mol. The van der Waals surface area contributed by atoms with E-state index in [0.717, 1.165) is 35.6 Å². The summed E-state index contributed by atoms with van der Waals surface area (Å²) < 4.78 is 77.4. The Balaban J connectivity index is 0.000000489. The zero-order valence-corrected chi connectivity index (χ0v) is 48.0. The van der Waals surface area contributed by atoms with E-state index in [4.69, 9.17) is 81.9 Å². The third-order valence-electron chi connectivity index (χ3n) is 9.24. The van der Waals surface area contributed by atoms with Crippen molar-refractivity contribution < 1.29 is 64.9 Å². The van der Waals surface area contributed by atoms with E-state index in [9.17, 15) is 45.8 Å². The lowest BCUT2D eigenvalue weighted by Gasteiger charge is -2.31. The standard InChI is InChI=1S/C15H22ClNO2.C11H10Cl2F2N4O3S.C11H13Cl2NO3.C3H8NO5P.C3H9S/c1-5-13-8-6-7-11(2)15(13)17(14(18)9-16)12(3)10-19-4;1-5-16-19(11(20)18(5)10(14)15)9-4-8(17-23(2,21)22)6(12)3-7(9)13;1-11(2)14(10(15)9(12)13)6-8(17-11)7-4-3-5-16-7;5-3(6)1-4-2-10(7,8)9;1-4(2)3/h6-8,12H,5,9-10H2,1-4H3;3-4,10,17H,1-2H3;3-5,8-9H,6H2,1-2H3;4H,1-2H2,(H,5,6)(H2,7,8,9);1-3H3/q;;;;+1/p-1. The van der Waals surface area contributed by atoms with Crippen molar-refractivity contribution in [1.82, 2.24) is 24.6 Å². The summed E-state index contributed by atoms with van der Waals surface area (Å²) in [7, 11) is -5.72. The quantitative estimate of drug-likeness (QED) is 0.0502. The van der Waals surface area contributed by atoms with Crippen molar-refractivity contribution in [2.75, 3.05) is 73.6 Å². The van der Waals surface area contributed by atoms with Gasteiger partial charge >= 0.3 is 18.2 Å². The molecule has 2 aromatic carbocycles. The predicted octanol–water partition coefficient (Wildman–Crippen LogP) is 6.96. The number of rotatable bonds is 16. The van der Waals surface area contributed by atoms with E-state index in [1.54, 1.807) is 38.2 Å². The molecule has 0 saturated carbocycles. The molecular weight excluding hydrogens is 1130 g/mol. The van der Waals surface area contributed by atoms with Gasteiger partial charge in [-0.15, -0.1) is 16.7 Å². The summed E-state index contributed by atoms with van der Waals surface area (Å²) in [5.74, 6) is -1.18. The number of aryl methyl sites for hydroxylation is 3. The van der Waals surface area contributed by atoms with Crippen LogP contribution in [0, 0.1) is 13.8 Å². The molecule has 3 unspecified atom stereocenters. The molecule has 0 aliphatic carbocycles. The van der Waals surface area contributed by atoms with Crippen molar-refractivity contribution in [3.63, 3.8) is 0 Å². The molecule has 1 aliphatic rings. The number of aliphatic carboxylic acids is 1. The van der Waals surface area contributed by atoms with Crippen LogP contribution in [0.1, 0.15) is 63.1 Å². The van der Waals surface area contributed by atoms with Crippen LogP contribution in [0.3, 0.4) is 0 Å². The number of hydrogen-bond donors (Lipinski definition) is 4. The normalized spacial score (nSPS) is 15.1. The summed E-state index contributed by atoms with van der Waals surface area (Å²) in [6.07, 6.45) is 8.94. The number of carboxylic acid groups (broad SMARTS) is 1. The number of carbonyl (C=O) groups is 3. The molecular formula is C43H61Cl5F2N7O13PS2. The Bertz CT molecular complexity index is 2640. The third-order valence-corrected chi connectivity index (χ3v) is 11.7. The van der Waals surface area contributed by atoms with E-state index < -0.39 is 59.2 Å². The fourth-order valence-electron chi connectivity index (χ4n) is 6.39. The lowest BCUT2D eigenvalue weighted by Crippen LogP contribution is -2.45. The van der Waals surface area contributed by atoms with Gasteiger partial charge in [-0.05, 0) is 87.3 Å². The number of nitrogens with one attached hydrogen (secondary N) is 2. The molecule has 0 bridgehead atoms. The first-order valence-corrected chi connectivity index (χ1v) is 29.5. The fourth-order valence-corrected chi connectivity index (χ4v) is 8.28. The topological polar surface area (TPSA) is 268 Å². The molecule has 3 heterocycles. The average molecular weight is 1190 g/mol. The van der Waals surface area contributed by atoms with E-state index in [-0.39, 0.29) is 61.7 Å². The SMILES string of the molecule is CC1(C)OC(c2ccco2)CN1C(=O)C(Cl)Cl.CCc1cccc(C)c1N(C(=O)CCl)C(C)COC.C[S+](C)C.Cc1nn(-c2cc(NS(C)(=O)=O)c(Cl)cc2Cl)c(=O)n1C(F)F.O=C(O)CNCP(=O)([O-])O. The van der Waals surface area contributed by atoms with Crippen LogP contribution in [0.15, 0.2) is 57.9 Å². The van der Waals surface area contributed by atoms with Crippen molar-refractivity contribution >= 4 is 116 Å². The molecule has 1 fully saturated rings. The summed E-state index contributed by atoms with van der Waals surface area (Å²) in [6.45, 7) is 8.21. The highest BCUT2D eigenvalue weighted by Gasteiger charge is 2.45. The molecule has 5 rings (SSSR count). The first-order chi connectivity index (χ1) is 33.6. The number of aromatic nitrogens is 3. The summed E-state index contributed by atoms with van der Waals surface area (Å²) >= 11 is 28.8. The number of furan rings is 1. The van der Waals surface area contributed by atoms with Gasteiger partial charge in [0.25, 0.3) is 5.91 Å². The largest absolute Gasteiger partial charge is 0.778 e. The van der Waals surface area contributed by atoms with Gasteiger partial charge in [0.15, 0.2) is 4.84 Å². The smallest absolute Gasteiger partial charge is 0.355 e. The van der Waals surface area contributed by atoms with Crippen molar-refractivity contribution in [2.45, 2.75) is 77.2 Å². The summed E-state index contributed by atoms with van der Waals surface area (Å²) in [4.78, 5) is 66.0. The van der Waals surface area contributed by atoms with Gasteiger partial charge in [-0.1, -0.05) is 71.5 Å². The van der Waals surface area contributed by atoms with Crippen LogP contribution in [-0.2, 0) is 55.8 Å². The number of sulfonamides is 1. The van der Waals surface area contributed by atoms with Crippen LogP contribution in [-0.4, -0.2) is 136 Å². The molecule has 73 heavy (non-hydrogen) atoms. The number of anilines is 2. The lowest BCUT2D eigenvalue weighted by molar-refractivity contribution is -0.193. The number of nitrogens with zero attached hydrogens (tertiary/aromatic N) is 5. The van der Waals surface area contributed by atoms with Crippen molar-refractivity contribution in [3.05, 3.63) is 92.0 Å². The van der Waals surface area contributed by atoms with E-state index >= 15 is 0 Å². The van der Waals surface area contributed by atoms with Crippen LogP contribution in [0.2, 0.25) is 10.0 Å². The molecule has 0 spiro atoms. The number of hydrogen-bond acceptors (Lipinski definition) is 13.